The van der Waals surface area contributed by atoms with Crippen LogP contribution in [0.15, 0.2) is 243 Å². The Hall–Kier alpha value is -9.56. The molecule has 0 aliphatic heterocycles. The van der Waals surface area contributed by atoms with Crippen LogP contribution < -0.4 is 9.80 Å². The summed E-state index contributed by atoms with van der Waals surface area (Å²) in [6.07, 6.45) is -20.9. The van der Waals surface area contributed by atoms with Crippen LogP contribution >= 0.6 is 0 Å². The van der Waals surface area contributed by atoms with E-state index in [9.17, 15) is 26.3 Å². The van der Waals surface area contributed by atoms with Gasteiger partial charge in [-0.25, -0.2) is 0 Å². The Morgan fingerprint density at radius 2 is 0.639 bits per heavy atom. The van der Waals surface area contributed by atoms with Crippen molar-refractivity contribution in [1.29, 1.82) is 0 Å². The smallest absolute Gasteiger partial charge is 0.310 e. The third-order valence-electron chi connectivity index (χ3n) is 15.7. The number of fused-ring (bicyclic) bond motifs is 12. The lowest BCUT2D eigenvalue weighted by atomic mass is 9.70. The van der Waals surface area contributed by atoms with Crippen molar-refractivity contribution >= 4 is 44.9 Å². The van der Waals surface area contributed by atoms with Crippen molar-refractivity contribution in [1.82, 2.24) is 0 Å². The van der Waals surface area contributed by atoms with Crippen LogP contribution in [0.1, 0.15) is 44.5 Å². The molecular formula is C69H40F12N2. The highest BCUT2D eigenvalue weighted by Gasteiger charge is 2.53. The van der Waals surface area contributed by atoms with E-state index in [1.54, 1.807) is 152 Å². The maximum atomic E-state index is 15.1. The molecule has 0 bridgehead atoms. The molecule has 14 heteroatoms. The first kappa shape index (κ1) is 52.8. The molecule has 0 amide bonds. The Morgan fingerprint density at radius 1 is 0.253 bits per heavy atom. The summed E-state index contributed by atoms with van der Waals surface area (Å²) in [4.78, 5) is 2.81. The third kappa shape index (κ3) is 8.77. The number of hydrogen-bond acceptors (Lipinski definition) is 2. The summed E-state index contributed by atoms with van der Waals surface area (Å²) in [6.45, 7) is 0. The number of para-hydroxylation sites is 2. The van der Waals surface area contributed by atoms with E-state index in [4.69, 9.17) is 0 Å². The summed E-state index contributed by atoms with van der Waals surface area (Å²) in [5, 5.41) is 0.964. The van der Waals surface area contributed by atoms with Gasteiger partial charge >= 0.3 is 24.7 Å². The second-order valence-electron chi connectivity index (χ2n) is 20.4. The molecule has 0 saturated carbocycles. The first-order chi connectivity index (χ1) is 39.7. The molecule has 0 radical (unpaired) electrons. The zero-order valence-electron chi connectivity index (χ0n) is 43.0. The molecule has 0 saturated heterocycles. The summed E-state index contributed by atoms with van der Waals surface area (Å²) in [7, 11) is 0. The number of anilines is 6. The van der Waals surface area contributed by atoms with Gasteiger partial charge in [0.1, 0.15) is 0 Å². The standard InChI is InChI=1S/C69H40F12N2/c70-66(71,72)43-33-44(67(73,74)75)36-48(35-43)82(61-29-15-11-21-50(61)41-17-3-1-4-18-41)47-31-32-56-59(39-47)65(57-27-13-9-23-52(57)53-24-10-14-28-58(53)65)60-40-63(54-25-7-8-26-55(54)64(56)60)83(62-30-16-12-22-51(62)42-19-5-2-6-20-42)49-37-45(68(76,77)78)34-46(38-49)69(79,80)81/h1-40H. The summed E-state index contributed by atoms with van der Waals surface area (Å²) in [6, 6.07) is 63.2. The van der Waals surface area contributed by atoms with Gasteiger partial charge in [-0.15, -0.1) is 0 Å². The predicted molar refractivity (Wildman–Crippen MR) is 300 cm³/mol. The number of hydrogen-bond donors (Lipinski definition) is 0. The van der Waals surface area contributed by atoms with Crippen molar-refractivity contribution in [3.63, 3.8) is 0 Å². The highest BCUT2D eigenvalue weighted by molar-refractivity contribution is 6.13. The van der Waals surface area contributed by atoms with Gasteiger partial charge in [0, 0.05) is 33.6 Å². The molecule has 13 rings (SSSR count). The maximum absolute atomic E-state index is 15.1. The topological polar surface area (TPSA) is 6.48 Å². The van der Waals surface area contributed by atoms with Crippen LogP contribution in [0.4, 0.5) is 86.8 Å². The van der Waals surface area contributed by atoms with Gasteiger partial charge in [0.2, 0.25) is 0 Å². The molecule has 0 atom stereocenters. The van der Waals surface area contributed by atoms with Gasteiger partial charge in [0.25, 0.3) is 0 Å². The van der Waals surface area contributed by atoms with Gasteiger partial charge in [-0.3, -0.25) is 0 Å². The molecule has 2 aliphatic rings. The number of alkyl halides is 12. The molecule has 410 valence electrons. The maximum Gasteiger partial charge on any atom is 0.416 e. The Bertz CT molecular complexity index is 4240. The summed E-state index contributed by atoms with van der Waals surface area (Å²) in [5.41, 5.74) is -0.140. The van der Waals surface area contributed by atoms with E-state index in [0.717, 1.165) is 11.1 Å². The van der Waals surface area contributed by atoms with Crippen molar-refractivity contribution in [2.75, 3.05) is 9.80 Å². The van der Waals surface area contributed by atoms with Crippen LogP contribution in [-0.2, 0) is 30.1 Å². The van der Waals surface area contributed by atoms with Gasteiger partial charge in [0.05, 0.1) is 44.7 Å². The van der Waals surface area contributed by atoms with E-state index >= 15 is 26.3 Å². The Labute approximate surface area is 467 Å². The molecule has 0 unspecified atom stereocenters. The highest BCUT2D eigenvalue weighted by Crippen LogP contribution is 2.66. The molecule has 0 fully saturated rings. The Morgan fingerprint density at radius 3 is 1.11 bits per heavy atom. The van der Waals surface area contributed by atoms with Crippen LogP contribution in [0.3, 0.4) is 0 Å². The number of nitrogens with zero attached hydrogens (tertiary/aromatic N) is 2. The quantitative estimate of drug-likeness (QED) is 0.140. The van der Waals surface area contributed by atoms with Crippen LogP contribution in [0.5, 0.6) is 0 Å². The van der Waals surface area contributed by atoms with Gasteiger partial charge in [-0.05, 0) is 128 Å². The van der Waals surface area contributed by atoms with Crippen LogP contribution in [-0.4, -0.2) is 0 Å². The van der Waals surface area contributed by atoms with Crippen LogP contribution in [0, 0.1) is 0 Å². The first-order valence-electron chi connectivity index (χ1n) is 26.1. The summed E-state index contributed by atoms with van der Waals surface area (Å²) < 4.78 is 180. The zero-order valence-corrected chi connectivity index (χ0v) is 43.0. The molecule has 11 aromatic carbocycles. The van der Waals surface area contributed by atoms with Crippen molar-refractivity contribution in [3.05, 3.63) is 287 Å². The Kier molecular flexibility index (Phi) is 12.3. The van der Waals surface area contributed by atoms with E-state index < -0.39 is 63.7 Å². The van der Waals surface area contributed by atoms with Crippen molar-refractivity contribution in [2.45, 2.75) is 30.1 Å². The van der Waals surface area contributed by atoms with Crippen molar-refractivity contribution < 1.29 is 52.7 Å². The minimum Gasteiger partial charge on any atom is -0.310 e. The summed E-state index contributed by atoms with van der Waals surface area (Å²) >= 11 is 0. The van der Waals surface area contributed by atoms with Gasteiger partial charge in [0.15, 0.2) is 0 Å². The van der Waals surface area contributed by atoms with E-state index in [-0.39, 0.29) is 34.9 Å². The predicted octanol–water partition coefficient (Wildman–Crippen LogP) is 21.5. The molecule has 0 heterocycles. The van der Waals surface area contributed by atoms with Crippen LogP contribution in [0.2, 0.25) is 0 Å². The second-order valence-corrected chi connectivity index (χ2v) is 20.4. The molecular weight excluding hydrogens is 1080 g/mol. The molecule has 0 N–H and O–H groups in total. The first-order valence-corrected chi connectivity index (χ1v) is 26.1. The average Bonchev–Trinajstić information content (AvgIpc) is 1.63. The second kappa shape index (κ2) is 19.3. The zero-order chi connectivity index (χ0) is 57.8. The normalized spacial score (nSPS) is 13.4. The molecule has 1 spiro atoms. The van der Waals surface area contributed by atoms with Gasteiger partial charge in [-0.2, -0.15) is 52.7 Å². The van der Waals surface area contributed by atoms with E-state index in [1.165, 1.54) is 9.80 Å². The Balaban J connectivity index is 1.16. The SMILES string of the molecule is FC(F)(F)c1cc(N(c2ccc3c(c2)C2(c4ccccc4-c4ccccc42)c2cc(N(c4cc(C(F)(F)F)cc(C(F)(F)F)c4)c4ccccc4-c4ccccc4)c4ccccc4c2-3)c2ccccc2-c2ccccc2)cc(C(F)(F)F)c1. The third-order valence-corrected chi connectivity index (χ3v) is 15.7. The molecule has 0 aromatic heterocycles. The fourth-order valence-corrected chi connectivity index (χ4v) is 12.3. The average molecular weight is 1130 g/mol. The molecule has 2 aliphatic carbocycles. The fourth-order valence-electron chi connectivity index (χ4n) is 12.3. The highest BCUT2D eigenvalue weighted by atomic mass is 19.4. The van der Waals surface area contributed by atoms with Crippen LogP contribution in [0.25, 0.3) is 55.3 Å². The minimum atomic E-state index is -5.22. The van der Waals surface area contributed by atoms with Gasteiger partial charge < -0.3 is 9.80 Å². The van der Waals surface area contributed by atoms with E-state index in [0.29, 0.717) is 90.7 Å². The monoisotopic (exact) mass is 1120 g/mol. The lowest BCUT2D eigenvalue weighted by Crippen LogP contribution is -2.27. The molecule has 2 nitrogen and oxygen atoms in total. The van der Waals surface area contributed by atoms with E-state index in [1.807, 2.05) is 54.6 Å². The van der Waals surface area contributed by atoms with E-state index in [2.05, 4.69) is 0 Å². The lowest BCUT2D eigenvalue weighted by Gasteiger charge is -2.34. The van der Waals surface area contributed by atoms with Crippen molar-refractivity contribution in [2.24, 2.45) is 0 Å². The number of rotatable bonds is 8. The van der Waals surface area contributed by atoms with Crippen molar-refractivity contribution in [3.8, 4) is 44.5 Å². The number of halogens is 12. The fraction of sp³-hybridized carbons (Fsp3) is 0.0725. The largest absolute Gasteiger partial charge is 0.416 e. The molecule has 83 heavy (non-hydrogen) atoms. The number of benzene rings is 11. The summed E-state index contributed by atoms with van der Waals surface area (Å²) in [5.74, 6) is 0. The lowest BCUT2D eigenvalue weighted by molar-refractivity contribution is -0.144. The van der Waals surface area contributed by atoms with Gasteiger partial charge in [-0.1, -0.05) is 176 Å². The molecule has 11 aromatic rings. The minimum absolute atomic E-state index is 0.0824.